The zero-order valence-corrected chi connectivity index (χ0v) is 13.8. The average molecular weight is 422 g/mol. The fraction of sp³-hybridized carbons (Fsp3) is 0. The Bertz CT molecular complexity index is 671. The number of hydrogen-bond donors (Lipinski definition) is 2. The van der Waals surface area contributed by atoms with E-state index in [1.807, 2.05) is 0 Å². The lowest BCUT2D eigenvalue weighted by molar-refractivity contribution is 0.102. The summed E-state index contributed by atoms with van der Waals surface area (Å²) in [5.74, 6) is -0.972. The molecule has 0 atom stereocenters. The van der Waals surface area contributed by atoms with Crippen molar-refractivity contribution in [3.05, 3.63) is 55.7 Å². The Morgan fingerprint density at radius 1 is 1.25 bits per heavy atom. The number of amides is 1. The zero-order chi connectivity index (χ0) is 14.9. The number of halogens is 4. The molecule has 0 saturated carbocycles. The molecule has 20 heavy (non-hydrogen) atoms. The predicted octanol–water partition coefficient (Wildman–Crippen LogP) is 4.84. The molecule has 0 aliphatic carbocycles. The molecule has 3 N–H and O–H groups in total. The summed E-state index contributed by atoms with van der Waals surface area (Å²) in [5.41, 5.74) is 6.83. The number of benzene rings is 2. The molecule has 0 heterocycles. The van der Waals surface area contributed by atoms with E-state index >= 15 is 0 Å². The van der Waals surface area contributed by atoms with Gasteiger partial charge in [0.15, 0.2) is 0 Å². The van der Waals surface area contributed by atoms with Crippen LogP contribution >= 0.6 is 43.5 Å². The van der Waals surface area contributed by atoms with Crippen molar-refractivity contribution in [2.24, 2.45) is 0 Å². The summed E-state index contributed by atoms with van der Waals surface area (Å²) in [7, 11) is 0. The van der Waals surface area contributed by atoms with Crippen LogP contribution in [-0.2, 0) is 0 Å². The summed E-state index contributed by atoms with van der Waals surface area (Å²) in [6.07, 6.45) is 0. The fourth-order valence-corrected chi connectivity index (χ4v) is 3.19. The van der Waals surface area contributed by atoms with E-state index in [1.54, 1.807) is 12.1 Å². The second-order valence-corrected chi connectivity index (χ2v) is 6.11. The largest absolute Gasteiger partial charge is 0.397 e. The molecule has 0 radical (unpaired) electrons. The van der Waals surface area contributed by atoms with Crippen LogP contribution in [0.1, 0.15) is 10.4 Å². The van der Waals surface area contributed by atoms with E-state index in [1.165, 1.54) is 12.1 Å². The molecule has 0 fully saturated rings. The topological polar surface area (TPSA) is 55.1 Å². The van der Waals surface area contributed by atoms with Gasteiger partial charge in [0.25, 0.3) is 5.91 Å². The molecular formula is C13H8Br2ClFN2O. The third kappa shape index (κ3) is 3.31. The van der Waals surface area contributed by atoms with Gasteiger partial charge in [-0.25, -0.2) is 4.39 Å². The zero-order valence-electron chi connectivity index (χ0n) is 9.88. The minimum Gasteiger partial charge on any atom is -0.397 e. The Morgan fingerprint density at radius 3 is 2.55 bits per heavy atom. The second-order valence-electron chi connectivity index (χ2n) is 3.93. The number of hydrogen-bond acceptors (Lipinski definition) is 2. The average Bonchev–Trinajstić information content (AvgIpc) is 2.33. The van der Waals surface area contributed by atoms with E-state index in [2.05, 4.69) is 37.2 Å². The lowest BCUT2D eigenvalue weighted by Crippen LogP contribution is -2.14. The molecule has 0 aliphatic heterocycles. The Hall–Kier alpha value is -1.11. The van der Waals surface area contributed by atoms with Crippen molar-refractivity contribution < 1.29 is 9.18 Å². The number of anilines is 2. The monoisotopic (exact) mass is 420 g/mol. The molecule has 0 saturated heterocycles. The maximum Gasteiger partial charge on any atom is 0.257 e. The summed E-state index contributed by atoms with van der Waals surface area (Å²) < 4.78 is 14.4. The third-order valence-corrected chi connectivity index (χ3v) is 3.90. The predicted molar refractivity (Wildman–Crippen MR) is 85.6 cm³/mol. The Balaban J connectivity index is 2.33. The van der Waals surface area contributed by atoms with Gasteiger partial charge in [-0.05, 0) is 46.3 Å². The molecule has 2 rings (SSSR count). The lowest BCUT2D eigenvalue weighted by atomic mass is 10.2. The Labute approximate surface area is 136 Å². The number of rotatable bonds is 2. The Morgan fingerprint density at radius 2 is 1.95 bits per heavy atom. The molecule has 1 amide bonds. The van der Waals surface area contributed by atoms with E-state index in [0.717, 1.165) is 10.5 Å². The molecule has 0 spiro atoms. The number of nitrogens with two attached hydrogens (primary N) is 1. The van der Waals surface area contributed by atoms with Crippen molar-refractivity contribution in [1.29, 1.82) is 0 Å². The van der Waals surface area contributed by atoms with Crippen molar-refractivity contribution >= 4 is 60.7 Å². The van der Waals surface area contributed by atoms with Crippen molar-refractivity contribution in [3.8, 4) is 0 Å². The first kappa shape index (κ1) is 15.3. The van der Waals surface area contributed by atoms with E-state index < -0.39 is 11.7 Å². The SMILES string of the molecule is Nc1cc(Br)cc(Br)c1NC(=O)c1ccc(F)cc1Cl. The first-order valence-corrected chi connectivity index (χ1v) is 7.36. The second kappa shape index (κ2) is 6.11. The highest BCUT2D eigenvalue weighted by Gasteiger charge is 2.14. The van der Waals surface area contributed by atoms with Crippen LogP contribution in [0, 0.1) is 5.82 Å². The van der Waals surface area contributed by atoms with Crippen molar-refractivity contribution in [1.82, 2.24) is 0 Å². The number of nitrogen functional groups attached to an aromatic ring is 1. The van der Waals surface area contributed by atoms with Crippen LogP contribution in [0.5, 0.6) is 0 Å². The molecule has 2 aromatic rings. The first-order valence-electron chi connectivity index (χ1n) is 5.39. The van der Waals surface area contributed by atoms with Gasteiger partial charge >= 0.3 is 0 Å². The maximum atomic E-state index is 13.0. The van der Waals surface area contributed by atoms with Gasteiger partial charge in [0.2, 0.25) is 0 Å². The summed E-state index contributed by atoms with van der Waals surface area (Å²) in [4.78, 5) is 12.1. The van der Waals surface area contributed by atoms with Gasteiger partial charge in [0, 0.05) is 8.95 Å². The first-order chi connectivity index (χ1) is 9.38. The summed E-state index contributed by atoms with van der Waals surface area (Å²) >= 11 is 12.4. The summed E-state index contributed by atoms with van der Waals surface area (Å²) in [6.45, 7) is 0. The number of nitrogens with one attached hydrogen (secondary N) is 1. The maximum absolute atomic E-state index is 13.0. The smallest absolute Gasteiger partial charge is 0.257 e. The van der Waals surface area contributed by atoms with Crippen LogP contribution in [0.25, 0.3) is 0 Å². The van der Waals surface area contributed by atoms with E-state index in [0.29, 0.717) is 15.8 Å². The standard InChI is InChI=1S/C13H8Br2ClFN2O/c14-6-3-9(15)12(11(18)4-6)19-13(20)8-2-1-7(17)5-10(8)16/h1-5H,18H2,(H,19,20). The van der Waals surface area contributed by atoms with Gasteiger partial charge in [-0.15, -0.1) is 0 Å². The van der Waals surface area contributed by atoms with Gasteiger partial charge < -0.3 is 11.1 Å². The van der Waals surface area contributed by atoms with Crippen LogP contribution < -0.4 is 11.1 Å². The molecular weight excluding hydrogens is 414 g/mol. The van der Waals surface area contributed by atoms with Gasteiger partial charge in [0.05, 0.1) is 22.0 Å². The molecule has 3 nitrogen and oxygen atoms in total. The molecule has 104 valence electrons. The fourth-order valence-electron chi connectivity index (χ4n) is 1.58. The molecule has 0 bridgehead atoms. The highest BCUT2D eigenvalue weighted by atomic mass is 79.9. The van der Waals surface area contributed by atoms with E-state index in [4.69, 9.17) is 17.3 Å². The molecule has 0 unspecified atom stereocenters. The van der Waals surface area contributed by atoms with Crippen LogP contribution in [-0.4, -0.2) is 5.91 Å². The van der Waals surface area contributed by atoms with Crippen LogP contribution in [0.4, 0.5) is 15.8 Å². The van der Waals surface area contributed by atoms with Gasteiger partial charge in [-0.1, -0.05) is 27.5 Å². The molecule has 0 aliphatic rings. The third-order valence-electron chi connectivity index (χ3n) is 2.50. The number of carbonyl (C=O) groups excluding carboxylic acids is 1. The van der Waals surface area contributed by atoms with Gasteiger partial charge in [0.1, 0.15) is 5.82 Å². The molecule has 7 heteroatoms. The summed E-state index contributed by atoms with van der Waals surface area (Å²) in [6, 6.07) is 6.97. The lowest BCUT2D eigenvalue weighted by Gasteiger charge is -2.11. The van der Waals surface area contributed by atoms with Gasteiger partial charge in [-0.2, -0.15) is 0 Å². The highest BCUT2D eigenvalue weighted by Crippen LogP contribution is 2.33. The number of carbonyl (C=O) groups is 1. The Kier molecular flexibility index (Phi) is 4.67. The molecule has 0 aromatic heterocycles. The van der Waals surface area contributed by atoms with E-state index in [9.17, 15) is 9.18 Å². The highest BCUT2D eigenvalue weighted by molar-refractivity contribution is 9.11. The summed E-state index contributed by atoms with van der Waals surface area (Å²) in [5, 5.41) is 2.68. The normalized spacial score (nSPS) is 10.4. The molecule has 2 aromatic carbocycles. The van der Waals surface area contributed by atoms with Gasteiger partial charge in [-0.3, -0.25) is 4.79 Å². The quantitative estimate of drug-likeness (QED) is 0.681. The van der Waals surface area contributed by atoms with E-state index in [-0.39, 0.29) is 10.6 Å². The van der Waals surface area contributed by atoms with Crippen molar-refractivity contribution in [2.45, 2.75) is 0 Å². The van der Waals surface area contributed by atoms with Crippen molar-refractivity contribution in [2.75, 3.05) is 11.1 Å². The van der Waals surface area contributed by atoms with Crippen LogP contribution in [0.3, 0.4) is 0 Å². The van der Waals surface area contributed by atoms with Crippen LogP contribution in [0.15, 0.2) is 39.3 Å². The van der Waals surface area contributed by atoms with Crippen molar-refractivity contribution in [3.63, 3.8) is 0 Å². The minimum atomic E-state index is -0.504. The minimum absolute atomic E-state index is 0.0364. The van der Waals surface area contributed by atoms with Crippen LogP contribution in [0.2, 0.25) is 5.02 Å².